The maximum atomic E-state index is 13.2. The van der Waals surface area contributed by atoms with Crippen molar-refractivity contribution in [3.05, 3.63) is 29.6 Å². The Kier molecular flexibility index (Phi) is 6.64. The van der Waals surface area contributed by atoms with E-state index >= 15 is 0 Å². The Bertz CT molecular complexity index is 584. The lowest BCUT2D eigenvalue weighted by Gasteiger charge is -2.30. The lowest BCUT2D eigenvalue weighted by Crippen LogP contribution is -2.36. The smallest absolute Gasteiger partial charge is 0.338 e. The zero-order chi connectivity index (χ0) is 18.4. The van der Waals surface area contributed by atoms with Crippen LogP contribution in [-0.4, -0.2) is 37.1 Å². The molecule has 1 aliphatic rings. The number of rotatable bonds is 5. The summed E-state index contributed by atoms with van der Waals surface area (Å²) in [6.07, 6.45) is -1.68. The molecule has 2 rings (SSSR count). The number of amides is 2. The van der Waals surface area contributed by atoms with Crippen LogP contribution in [0.2, 0.25) is 0 Å². The van der Waals surface area contributed by atoms with Gasteiger partial charge in [-0.3, -0.25) is 0 Å². The first-order valence-electron chi connectivity index (χ1n) is 8.39. The number of likely N-dealkylation sites (tertiary alicyclic amines) is 1. The Morgan fingerprint density at radius 1 is 1.28 bits per heavy atom. The van der Waals surface area contributed by atoms with Crippen LogP contribution in [0.15, 0.2) is 18.2 Å². The second kappa shape index (κ2) is 8.51. The number of nitrogens with one attached hydrogen (secondary N) is 2. The van der Waals surface area contributed by atoms with Crippen LogP contribution in [0.1, 0.15) is 31.7 Å². The minimum absolute atomic E-state index is 0.101. The van der Waals surface area contributed by atoms with Crippen LogP contribution >= 0.6 is 0 Å². The topological polar surface area (TPSA) is 44.4 Å². The number of alkyl halides is 3. The second-order valence-electron chi connectivity index (χ2n) is 6.45. The van der Waals surface area contributed by atoms with Crippen molar-refractivity contribution in [3.63, 3.8) is 0 Å². The van der Waals surface area contributed by atoms with E-state index < -0.39 is 23.6 Å². The van der Waals surface area contributed by atoms with Crippen LogP contribution < -0.4 is 10.6 Å². The number of nitrogens with zero attached hydrogens (tertiary/aromatic N) is 1. The molecule has 2 N–H and O–H groups in total. The highest BCUT2D eigenvalue weighted by Gasteiger charge is 2.34. The van der Waals surface area contributed by atoms with Gasteiger partial charge in [0.25, 0.3) is 0 Å². The summed E-state index contributed by atoms with van der Waals surface area (Å²) in [6.45, 7) is 5.65. The summed E-state index contributed by atoms with van der Waals surface area (Å²) in [5.74, 6) is -0.605. The first kappa shape index (κ1) is 19.5. The highest BCUT2D eigenvalue weighted by Crippen LogP contribution is 2.32. The molecule has 0 saturated carbocycles. The van der Waals surface area contributed by atoms with Crippen LogP contribution in [0, 0.1) is 11.7 Å². The lowest BCUT2D eigenvalue weighted by molar-refractivity contribution is -0.139. The Balaban J connectivity index is 1.73. The van der Waals surface area contributed by atoms with Gasteiger partial charge in [-0.2, -0.15) is 13.2 Å². The van der Waals surface area contributed by atoms with Gasteiger partial charge in [-0.05, 0) is 63.0 Å². The highest BCUT2D eigenvalue weighted by molar-refractivity contribution is 5.89. The average Bonchev–Trinajstić information content (AvgIpc) is 2.54. The van der Waals surface area contributed by atoms with Gasteiger partial charge in [0.15, 0.2) is 0 Å². The number of piperidine rings is 1. The monoisotopic (exact) mass is 361 g/mol. The van der Waals surface area contributed by atoms with E-state index in [0.29, 0.717) is 18.7 Å². The van der Waals surface area contributed by atoms with Gasteiger partial charge in [-0.25, -0.2) is 9.18 Å². The summed E-state index contributed by atoms with van der Waals surface area (Å²) in [5.41, 5.74) is -1.50. The first-order chi connectivity index (χ1) is 11.8. The molecule has 4 nitrogen and oxygen atoms in total. The van der Waals surface area contributed by atoms with Gasteiger partial charge in [-0.1, -0.05) is 6.92 Å². The molecule has 8 heteroatoms. The summed E-state index contributed by atoms with van der Waals surface area (Å²) in [7, 11) is 0. The van der Waals surface area contributed by atoms with E-state index in [1.807, 2.05) is 0 Å². The fourth-order valence-corrected chi connectivity index (χ4v) is 2.79. The molecule has 0 bridgehead atoms. The van der Waals surface area contributed by atoms with Crippen molar-refractivity contribution in [2.24, 2.45) is 5.92 Å². The van der Waals surface area contributed by atoms with Crippen LogP contribution in [0.25, 0.3) is 0 Å². The average molecular weight is 361 g/mol. The number of anilines is 1. The van der Waals surface area contributed by atoms with Crippen molar-refractivity contribution in [3.8, 4) is 0 Å². The van der Waals surface area contributed by atoms with Crippen LogP contribution in [-0.2, 0) is 6.18 Å². The van der Waals surface area contributed by atoms with E-state index in [0.717, 1.165) is 38.0 Å². The SMILES string of the molecule is CC1CCN(CCCNC(=O)Nc2ccc(F)c(C(F)(F)F)c2)CC1. The number of urea groups is 1. The lowest BCUT2D eigenvalue weighted by atomic mass is 9.99. The fraction of sp³-hybridized carbons (Fsp3) is 0.588. The normalized spacial score (nSPS) is 16.7. The zero-order valence-electron chi connectivity index (χ0n) is 14.1. The molecule has 2 amide bonds. The van der Waals surface area contributed by atoms with Crippen molar-refractivity contribution >= 4 is 11.7 Å². The number of hydrogen-bond acceptors (Lipinski definition) is 2. The van der Waals surface area contributed by atoms with Crippen LogP contribution in [0.5, 0.6) is 0 Å². The van der Waals surface area contributed by atoms with Crippen LogP contribution in [0.4, 0.5) is 28.0 Å². The van der Waals surface area contributed by atoms with Crippen molar-refractivity contribution < 1.29 is 22.4 Å². The number of hydrogen-bond donors (Lipinski definition) is 2. The molecule has 0 atom stereocenters. The molecule has 25 heavy (non-hydrogen) atoms. The number of benzene rings is 1. The summed E-state index contributed by atoms with van der Waals surface area (Å²) in [5, 5.41) is 4.90. The molecule has 0 unspecified atom stereocenters. The third kappa shape index (κ3) is 6.19. The van der Waals surface area contributed by atoms with Gasteiger partial charge in [0, 0.05) is 12.2 Å². The molecule has 1 saturated heterocycles. The zero-order valence-corrected chi connectivity index (χ0v) is 14.1. The van der Waals surface area contributed by atoms with Crippen molar-refractivity contribution in [1.82, 2.24) is 10.2 Å². The molecule has 0 aromatic heterocycles. The summed E-state index contributed by atoms with van der Waals surface area (Å²) < 4.78 is 51.1. The highest BCUT2D eigenvalue weighted by atomic mass is 19.4. The summed E-state index contributed by atoms with van der Waals surface area (Å²) in [6, 6.07) is 1.77. The largest absolute Gasteiger partial charge is 0.419 e. The Morgan fingerprint density at radius 2 is 1.96 bits per heavy atom. The Labute approximate surface area is 144 Å². The standard InChI is InChI=1S/C17H23F4N3O/c1-12-5-9-24(10-6-12)8-2-7-22-16(25)23-13-3-4-15(18)14(11-13)17(19,20)21/h3-4,11-12H,2,5-10H2,1H3,(H2,22,23,25). The van der Waals surface area contributed by atoms with E-state index in [-0.39, 0.29) is 5.69 Å². The van der Waals surface area contributed by atoms with Crippen molar-refractivity contribution in [2.45, 2.75) is 32.4 Å². The molecule has 1 aromatic carbocycles. The molecule has 140 valence electrons. The van der Waals surface area contributed by atoms with E-state index in [2.05, 4.69) is 22.5 Å². The first-order valence-corrected chi connectivity index (χ1v) is 8.39. The van der Waals surface area contributed by atoms with Gasteiger partial charge in [0.2, 0.25) is 0 Å². The third-order valence-electron chi connectivity index (χ3n) is 4.34. The maximum Gasteiger partial charge on any atom is 0.419 e. The van der Waals surface area contributed by atoms with Crippen molar-refractivity contribution in [1.29, 1.82) is 0 Å². The van der Waals surface area contributed by atoms with E-state index in [1.54, 1.807) is 0 Å². The Hall–Kier alpha value is -1.83. The van der Waals surface area contributed by atoms with Crippen molar-refractivity contribution in [2.75, 3.05) is 31.5 Å². The molecule has 1 fully saturated rings. The molecule has 0 radical (unpaired) electrons. The van der Waals surface area contributed by atoms with Gasteiger partial charge in [-0.15, -0.1) is 0 Å². The number of halogens is 4. The van der Waals surface area contributed by atoms with Gasteiger partial charge < -0.3 is 15.5 Å². The van der Waals surface area contributed by atoms with Gasteiger partial charge in [0.1, 0.15) is 5.82 Å². The minimum atomic E-state index is -4.80. The summed E-state index contributed by atoms with van der Waals surface area (Å²) in [4.78, 5) is 14.1. The van der Waals surface area contributed by atoms with E-state index in [9.17, 15) is 22.4 Å². The van der Waals surface area contributed by atoms with Crippen LogP contribution in [0.3, 0.4) is 0 Å². The fourth-order valence-electron chi connectivity index (χ4n) is 2.79. The quantitative estimate of drug-likeness (QED) is 0.613. The molecular formula is C17H23F4N3O. The maximum absolute atomic E-state index is 13.2. The number of carbonyl (C=O) groups excluding carboxylic acids is 1. The third-order valence-corrected chi connectivity index (χ3v) is 4.34. The molecular weight excluding hydrogens is 338 g/mol. The van der Waals surface area contributed by atoms with E-state index in [1.165, 1.54) is 12.8 Å². The number of carbonyl (C=O) groups is 1. The predicted octanol–water partition coefficient (Wildman–Crippen LogP) is 4.09. The van der Waals surface area contributed by atoms with Gasteiger partial charge >= 0.3 is 12.2 Å². The van der Waals surface area contributed by atoms with E-state index in [4.69, 9.17) is 0 Å². The predicted molar refractivity (Wildman–Crippen MR) is 87.9 cm³/mol. The molecule has 1 aromatic rings. The molecule has 1 aliphatic heterocycles. The molecule has 0 aliphatic carbocycles. The molecule has 0 spiro atoms. The molecule has 1 heterocycles. The minimum Gasteiger partial charge on any atom is -0.338 e. The van der Waals surface area contributed by atoms with Gasteiger partial charge in [0.05, 0.1) is 5.56 Å². The Morgan fingerprint density at radius 3 is 2.60 bits per heavy atom. The summed E-state index contributed by atoms with van der Waals surface area (Å²) >= 11 is 0. The second-order valence-corrected chi connectivity index (χ2v) is 6.45.